The van der Waals surface area contributed by atoms with Crippen molar-refractivity contribution in [2.24, 2.45) is 11.8 Å². The molecule has 2 aromatic heterocycles. The second-order valence-electron chi connectivity index (χ2n) is 5.03. The van der Waals surface area contributed by atoms with E-state index in [1.54, 1.807) is 17.7 Å². The molecule has 3 rings (SSSR count). The van der Waals surface area contributed by atoms with Crippen LogP contribution in [0.3, 0.4) is 0 Å². The lowest BCUT2D eigenvalue weighted by atomic mass is 9.98. The fourth-order valence-corrected chi connectivity index (χ4v) is 3.38. The van der Waals surface area contributed by atoms with Crippen molar-refractivity contribution in [3.63, 3.8) is 0 Å². The van der Waals surface area contributed by atoms with Gasteiger partial charge in [-0.1, -0.05) is 13.8 Å². The Balaban J connectivity index is 1.88. The van der Waals surface area contributed by atoms with Gasteiger partial charge >= 0.3 is 0 Å². The highest BCUT2D eigenvalue weighted by atomic mass is 32.1. The van der Waals surface area contributed by atoms with Gasteiger partial charge in [0.1, 0.15) is 17.0 Å². The number of rotatable bonds is 2. The van der Waals surface area contributed by atoms with E-state index in [0.717, 1.165) is 27.9 Å². The van der Waals surface area contributed by atoms with Crippen molar-refractivity contribution >= 4 is 27.4 Å². The monoisotopic (exact) mass is 247 g/mol. The molecule has 0 amide bonds. The van der Waals surface area contributed by atoms with Gasteiger partial charge in [0, 0.05) is 6.04 Å². The molecule has 1 saturated carbocycles. The number of hydrogen-bond donors (Lipinski definition) is 1. The molecule has 0 bridgehead atoms. The number of nitrogens with zero attached hydrogens (tertiary/aromatic N) is 2. The maximum Gasteiger partial charge on any atom is 0.138 e. The van der Waals surface area contributed by atoms with Gasteiger partial charge in [-0.2, -0.15) is 0 Å². The second kappa shape index (κ2) is 4.26. The molecule has 1 N–H and O–H groups in total. The van der Waals surface area contributed by atoms with Gasteiger partial charge < -0.3 is 5.32 Å². The summed E-state index contributed by atoms with van der Waals surface area (Å²) in [5.74, 6) is 2.54. The summed E-state index contributed by atoms with van der Waals surface area (Å²) in [4.78, 5) is 9.73. The van der Waals surface area contributed by atoms with E-state index >= 15 is 0 Å². The molecule has 1 fully saturated rings. The van der Waals surface area contributed by atoms with Gasteiger partial charge in [-0.15, -0.1) is 11.3 Å². The first-order valence-electron chi connectivity index (χ1n) is 6.20. The van der Waals surface area contributed by atoms with Crippen LogP contribution in [-0.2, 0) is 0 Å². The third-order valence-corrected chi connectivity index (χ3v) is 4.87. The Hall–Kier alpha value is -1.16. The topological polar surface area (TPSA) is 37.8 Å². The SMILES string of the molecule is CC1CCC(Nc2ncnc3sccc23)C1C. The Bertz CT molecular complexity index is 522. The lowest BCUT2D eigenvalue weighted by Gasteiger charge is -2.20. The summed E-state index contributed by atoms with van der Waals surface area (Å²) in [6.45, 7) is 4.67. The normalized spacial score (nSPS) is 28.7. The Labute approximate surface area is 105 Å². The first kappa shape index (κ1) is 11.0. The van der Waals surface area contributed by atoms with E-state index in [-0.39, 0.29) is 0 Å². The van der Waals surface area contributed by atoms with Crippen molar-refractivity contribution in [1.29, 1.82) is 0 Å². The quantitative estimate of drug-likeness (QED) is 0.882. The summed E-state index contributed by atoms with van der Waals surface area (Å²) in [7, 11) is 0. The van der Waals surface area contributed by atoms with Gasteiger partial charge in [0.25, 0.3) is 0 Å². The lowest BCUT2D eigenvalue weighted by molar-refractivity contribution is 0.435. The Morgan fingerprint density at radius 3 is 2.94 bits per heavy atom. The standard InChI is InChI=1S/C13H17N3S/c1-8-3-4-11(9(8)2)16-12-10-5-6-17-13(10)15-7-14-12/h5-9,11H,3-4H2,1-2H3,(H,14,15,16). The molecule has 0 aromatic carbocycles. The molecule has 0 spiro atoms. The van der Waals surface area contributed by atoms with E-state index in [1.165, 1.54) is 12.8 Å². The zero-order chi connectivity index (χ0) is 11.8. The van der Waals surface area contributed by atoms with Crippen LogP contribution in [0.5, 0.6) is 0 Å². The van der Waals surface area contributed by atoms with Crippen LogP contribution in [0.2, 0.25) is 0 Å². The number of nitrogens with one attached hydrogen (secondary N) is 1. The van der Waals surface area contributed by atoms with Crippen molar-refractivity contribution in [3.05, 3.63) is 17.8 Å². The number of fused-ring (bicyclic) bond motifs is 1. The van der Waals surface area contributed by atoms with Crippen LogP contribution in [-0.4, -0.2) is 16.0 Å². The van der Waals surface area contributed by atoms with E-state index in [4.69, 9.17) is 0 Å². The van der Waals surface area contributed by atoms with Gasteiger partial charge in [-0.25, -0.2) is 9.97 Å². The highest BCUT2D eigenvalue weighted by Crippen LogP contribution is 2.34. The molecule has 1 aliphatic carbocycles. The van der Waals surface area contributed by atoms with Crippen LogP contribution in [0, 0.1) is 11.8 Å². The predicted octanol–water partition coefficient (Wildman–Crippen LogP) is 3.54. The molecule has 2 aromatic rings. The highest BCUT2D eigenvalue weighted by Gasteiger charge is 2.30. The largest absolute Gasteiger partial charge is 0.366 e. The van der Waals surface area contributed by atoms with Crippen LogP contribution in [0.15, 0.2) is 17.8 Å². The zero-order valence-electron chi connectivity index (χ0n) is 10.2. The zero-order valence-corrected chi connectivity index (χ0v) is 11.0. The van der Waals surface area contributed by atoms with Crippen LogP contribution in [0.4, 0.5) is 5.82 Å². The van der Waals surface area contributed by atoms with Gasteiger partial charge in [-0.05, 0) is 36.1 Å². The molecule has 1 aliphatic rings. The third-order valence-electron chi connectivity index (χ3n) is 4.05. The Morgan fingerprint density at radius 2 is 2.18 bits per heavy atom. The summed E-state index contributed by atoms with van der Waals surface area (Å²) in [5, 5.41) is 6.84. The van der Waals surface area contributed by atoms with Gasteiger partial charge in [0.05, 0.1) is 5.39 Å². The Kier molecular flexibility index (Phi) is 2.74. The average molecular weight is 247 g/mol. The number of thiophene rings is 1. The first-order chi connectivity index (χ1) is 8.25. The molecule has 3 unspecified atom stereocenters. The molecule has 4 heteroatoms. The van der Waals surface area contributed by atoms with E-state index in [2.05, 4.69) is 40.6 Å². The molecule has 2 heterocycles. The van der Waals surface area contributed by atoms with E-state index in [1.807, 2.05) is 0 Å². The highest BCUT2D eigenvalue weighted by molar-refractivity contribution is 7.16. The number of aromatic nitrogens is 2. The number of hydrogen-bond acceptors (Lipinski definition) is 4. The second-order valence-corrected chi connectivity index (χ2v) is 5.92. The van der Waals surface area contributed by atoms with Crippen molar-refractivity contribution in [2.75, 3.05) is 5.32 Å². The van der Waals surface area contributed by atoms with Crippen LogP contribution < -0.4 is 5.32 Å². The molecule has 3 atom stereocenters. The minimum Gasteiger partial charge on any atom is -0.366 e. The van der Waals surface area contributed by atoms with E-state index in [9.17, 15) is 0 Å². The molecule has 90 valence electrons. The minimum atomic E-state index is 0.558. The van der Waals surface area contributed by atoms with Crippen molar-refractivity contribution in [2.45, 2.75) is 32.7 Å². The predicted molar refractivity (Wildman–Crippen MR) is 72.4 cm³/mol. The van der Waals surface area contributed by atoms with E-state index in [0.29, 0.717) is 6.04 Å². The van der Waals surface area contributed by atoms with Crippen molar-refractivity contribution in [1.82, 2.24) is 9.97 Å². The molecule has 0 saturated heterocycles. The number of anilines is 1. The first-order valence-corrected chi connectivity index (χ1v) is 7.08. The molecular formula is C13H17N3S. The fraction of sp³-hybridized carbons (Fsp3) is 0.538. The summed E-state index contributed by atoms with van der Waals surface area (Å²) in [6.07, 6.45) is 4.22. The van der Waals surface area contributed by atoms with Crippen molar-refractivity contribution < 1.29 is 0 Å². The molecule has 0 radical (unpaired) electrons. The van der Waals surface area contributed by atoms with Gasteiger partial charge in [0.15, 0.2) is 0 Å². The maximum atomic E-state index is 4.39. The molecule has 3 nitrogen and oxygen atoms in total. The van der Waals surface area contributed by atoms with E-state index < -0.39 is 0 Å². The Morgan fingerprint density at radius 1 is 1.29 bits per heavy atom. The van der Waals surface area contributed by atoms with Crippen molar-refractivity contribution in [3.8, 4) is 0 Å². The molecular weight excluding hydrogens is 230 g/mol. The molecule has 0 aliphatic heterocycles. The minimum absolute atomic E-state index is 0.558. The van der Waals surface area contributed by atoms with Crippen LogP contribution in [0.1, 0.15) is 26.7 Å². The smallest absolute Gasteiger partial charge is 0.138 e. The summed E-state index contributed by atoms with van der Waals surface area (Å²) in [6, 6.07) is 2.66. The maximum absolute atomic E-state index is 4.39. The summed E-state index contributed by atoms with van der Waals surface area (Å²) >= 11 is 1.67. The lowest BCUT2D eigenvalue weighted by Crippen LogP contribution is -2.24. The third kappa shape index (κ3) is 1.90. The summed E-state index contributed by atoms with van der Waals surface area (Å²) < 4.78 is 0. The van der Waals surface area contributed by atoms with Gasteiger partial charge in [-0.3, -0.25) is 0 Å². The van der Waals surface area contributed by atoms with Crippen LogP contribution >= 0.6 is 11.3 Å². The summed E-state index contributed by atoms with van der Waals surface area (Å²) in [5.41, 5.74) is 0. The molecule has 17 heavy (non-hydrogen) atoms. The fourth-order valence-electron chi connectivity index (χ4n) is 2.65. The van der Waals surface area contributed by atoms with Gasteiger partial charge in [0.2, 0.25) is 0 Å². The average Bonchev–Trinajstić information content (AvgIpc) is 2.91. The van der Waals surface area contributed by atoms with Crippen LogP contribution in [0.25, 0.3) is 10.2 Å².